The van der Waals surface area contributed by atoms with E-state index in [1.54, 1.807) is 7.11 Å². The van der Waals surface area contributed by atoms with Crippen molar-refractivity contribution in [2.24, 2.45) is 0 Å². The number of hydrogen-bond acceptors (Lipinski definition) is 4. The van der Waals surface area contributed by atoms with Gasteiger partial charge in [-0.25, -0.2) is 4.79 Å². The molecule has 1 aromatic rings. The van der Waals surface area contributed by atoms with Gasteiger partial charge in [0.2, 0.25) is 0 Å². The van der Waals surface area contributed by atoms with Crippen LogP contribution in [0.1, 0.15) is 62.3 Å². The molecule has 0 unspecified atom stereocenters. The number of ether oxygens (including phenoxy) is 2. The standard InChI is InChI=1S/C21H24O4/c1-11(2)12-5-6-15-18(19(12)24-4)17(22)9-16-14-10-25-20(23)13(14)7-8-21(15,16)3/h5-6,9,11,17,22H,7-8,10H2,1-4H3/t17-,21-/m1/s1. The Hall–Kier alpha value is -2.07. The van der Waals surface area contributed by atoms with Crippen molar-refractivity contribution in [1.29, 1.82) is 0 Å². The summed E-state index contributed by atoms with van der Waals surface area (Å²) < 4.78 is 11.0. The molecule has 132 valence electrons. The Bertz CT molecular complexity index is 831. The van der Waals surface area contributed by atoms with Crippen LogP contribution in [0.4, 0.5) is 0 Å². The van der Waals surface area contributed by atoms with Crippen molar-refractivity contribution < 1.29 is 19.4 Å². The van der Waals surface area contributed by atoms with Crippen LogP contribution in [-0.2, 0) is 14.9 Å². The Morgan fingerprint density at radius 1 is 1.32 bits per heavy atom. The van der Waals surface area contributed by atoms with Crippen LogP contribution in [0.3, 0.4) is 0 Å². The van der Waals surface area contributed by atoms with Crippen LogP contribution < -0.4 is 4.74 Å². The van der Waals surface area contributed by atoms with E-state index in [9.17, 15) is 9.90 Å². The fraction of sp³-hybridized carbons (Fsp3) is 0.476. The van der Waals surface area contributed by atoms with Gasteiger partial charge in [-0.15, -0.1) is 0 Å². The van der Waals surface area contributed by atoms with E-state index in [1.165, 1.54) is 0 Å². The van der Waals surface area contributed by atoms with Crippen molar-refractivity contribution in [1.82, 2.24) is 0 Å². The first kappa shape index (κ1) is 16.4. The van der Waals surface area contributed by atoms with Crippen LogP contribution in [0.25, 0.3) is 0 Å². The summed E-state index contributed by atoms with van der Waals surface area (Å²) in [5, 5.41) is 10.9. The second-order valence-corrected chi connectivity index (χ2v) is 7.69. The molecule has 0 saturated heterocycles. The largest absolute Gasteiger partial charge is 0.496 e. The number of aliphatic hydroxyl groups excluding tert-OH is 1. The number of rotatable bonds is 2. The van der Waals surface area contributed by atoms with Gasteiger partial charge in [0.25, 0.3) is 0 Å². The van der Waals surface area contributed by atoms with E-state index in [0.717, 1.165) is 45.6 Å². The summed E-state index contributed by atoms with van der Waals surface area (Å²) in [6.07, 6.45) is 2.70. The second-order valence-electron chi connectivity index (χ2n) is 7.69. The summed E-state index contributed by atoms with van der Waals surface area (Å²) >= 11 is 0. The van der Waals surface area contributed by atoms with Crippen LogP contribution in [0.5, 0.6) is 5.75 Å². The van der Waals surface area contributed by atoms with Gasteiger partial charge in [-0.2, -0.15) is 0 Å². The number of methoxy groups -OCH3 is 1. The predicted molar refractivity (Wildman–Crippen MR) is 94.7 cm³/mol. The van der Waals surface area contributed by atoms with Crippen molar-refractivity contribution in [2.45, 2.75) is 51.0 Å². The topological polar surface area (TPSA) is 55.8 Å². The Labute approximate surface area is 148 Å². The van der Waals surface area contributed by atoms with Gasteiger partial charge >= 0.3 is 5.97 Å². The van der Waals surface area contributed by atoms with E-state index >= 15 is 0 Å². The first-order chi connectivity index (χ1) is 11.9. The van der Waals surface area contributed by atoms with Gasteiger partial charge in [-0.05, 0) is 41.5 Å². The molecule has 0 bridgehead atoms. The Kier molecular flexibility index (Phi) is 3.58. The van der Waals surface area contributed by atoms with Crippen LogP contribution in [0.2, 0.25) is 0 Å². The minimum absolute atomic E-state index is 0.203. The van der Waals surface area contributed by atoms with Crippen molar-refractivity contribution in [3.05, 3.63) is 51.6 Å². The van der Waals surface area contributed by atoms with E-state index in [1.807, 2.05) is 6.08 Å². The van der Waals surface area contributed by atoms with Crippen LogP contribution >= 0.6 is 0 Å². The van der Waals surface area contributed by atoms with Gasteiger partial charge in [0.15, 0.2) is 0 Å². The summed E-state index contributed by atoms with van der Waals surface area (Å²) in [4.78, 5) is 11.9. The molecule has 1 aromatic carbocycles. The lowest BCUT2D eigenvalue weighted by Crippen LogP contribution is -2.35. The zero-order chi connectivity index (χ0) is 17.9. The number of hydrogen-bond donors (Lipinski definition) is 1. The number of esters is 1. The third kappa shape index (κ3) is 2.13. The number of carbonyl (C=O) groups is 1. The number of aliphatic hydroxyl groups is 1. The molecule has 0 saturated carbocycles. The molecule has 3 aliphatic rings. The summed E-state index contributed by atoms with van der Waals surface area (Å²) in [6, 6.07) is 4.25. The Balaban J connectivity index is 1.94. The first-order valence-electron chi connectivity index (χ1n) is 8.89. The molecule has 4 rings (SSSR count). The Morgan fingerprint density at radius 3 is 2.76 bits per heavy atom. The lowest BCUT2D eigenvalue weighted by molar-refractivity contribution is -0.136. The Morgan fingerprint density at radius 2 is 2.08 bits per heavy atom. The number of carbonyl (C=O) groups excluding carboxylic acids is 1. The highest BCUT2D eigenvalue weighted by molar-refractivity contribution is 5.94. The molecule has 0 amide bonds. The number of benzene rings is 1. The molecule has 1 N–H and O–H groups in total. The fourth-order valence-corrected chi connectivity index (χ4v) is 4.65. The third-order valence-electron chi connectivity index (χ3n) is 6.02. The van der Waals surface area contributed by atoms with Crippen LogP contribution in [-0.4, -0.2) is 24.8 Å². The quantitative estimate of drug-likeness (QED) is 0.834. The molecule has 0 spiro atoms. The summed E-state index contributed by atoms with van der Waals surface area (Å²) in [5.74, 6) is 0.896. The van der Waals surface area contributed by atoms with Crippen LogP contribution in [0.15, 0.2) is 34.9 Å². The highest BCUT2D eigenvalue weighted by Crippen LogP contribution is 2.55. The monoisotopic (exact) mass is 340 g/mol. The van der Waals surface area contributed by atoms with Gasteiger partial charge in [0.1, 0.15) is 18.5 Å². The van der Waals surface area contributed by atoms with Gasteiger partial charge in [-0.1, -0.05) is 32.9 Å². The van der Waals surface area contributed by atoms with Crippen molar-refractivity contribution >= 4 is 5.97 Å². The lowest BCUT2D eigenvalue weighted by atomic mass is 9.61. The van der Waals surface area contributed by atoms with E-state index in [2.05, 4.69) is 32.9 Å². The smallest absolute Gasteiger partial charge is 0.334 e. The predicted octanol–water partition coefficient (Wildman–Crippen LogP) is 3.70. The zero-order valence-corrected chi connectivity index (χ0v) is 15.2. The molecular formula is C21H24O4. The summed E-state index contributed by atoms with van der Waals surface area (Å²) in [5.41, 5.74) is 5.64. The van der Waals surface area contributed by atoms with Gasteiger partial charge in [0, 0.05) is 22.1 Å². The van der Waals surface area contributed by atoms with E-state index < -0.39 is 6.10 Å². The maximum absolute atomic E-state index is 11.9. The fourth-order valence-electron chi connectivity index (χ4n) is 4.65. The molecule has 0 aromatic heterocycles. The molecule has 2 aliphatic carbocycles. The van der Waals surface area contributed by atoms with E-state index in [0.29, 0.717) is 18.9 Å². The van der Waals surface area contributed by atoms with Gasteiger partial charge < -0.3 is 14.6 Å². The summed E-state index contributed by atoms with van der Waals surface area (Å²) in [6.45, 7) is 6.77. The molecule has 0 radical (unpaired) electrons. The molecule has 25 heavy (non-hydrogen) atoms. The lowest BCUT2D eigenvalue weighted by Gasteiger charge is -2.43. The number of cyclic esters (lactones) is 1. The molecule has 2 atom stereocenters. The van der Waals surface area contributed by atoms with Crippen molar-refractivity contribution in [2.75, 3.05) is 13.7 Å². The molecule has 0 fully saturated rings. The third-order valence-corrected chi connectivity index (χ3v) is 6.02. The highest BCUT2D eigenvalue weighted by atomic mass is 16.5. The number of fused-ring (bicyclic) bond motifs is 4. The highest BCUT2D eigenvalue weighted by Gasteiger charge is 2.46. The minimum atomic E-state index is -0.741. The maximum Gasteiger partial charge on any atom is 0.334 e. The first-order valence-corrected chi connectivity index (χ1v) is 8.89. The van der Waals surface area contributed by atoms with Crippen molar-refractivity contribution in [3.63, 3.8) is 0 Å². The SMILES string of the molecule is COc1c(C(C)C)ccc2c1[C@H](O)C=C1C3=C(CC[C@@]12C)C(=O)OC3. The van der Waals surface area contributed by atoms with E-state index in [4.69, 9.17) is 9.47 Å². The van der Waals surface area contributed by atoms with Gasteiger partial charge in [-0.3, -0.25) is 0 Å². The normalized spacial score (nSPS) is 27.5. The molecule has 4 nitrogen and oxygen atoms in total. The van der Waals surface area contributed by atoms with E-state index in [-0.39, 0.29) is 11.4 Å². The average molecular weight is 340 g/mol. The molecule has 1 aliphatic heterocycles. The molecule has 1 heterocycles. The molecular weight excluding hydrogens is 316 g/mol. The minimum Gasteiger partial charge on any atom is -0.496 e. The zero-order valence-electron chi connectivity index (χ0n) is 15.2. The molecule has 4 heteroatoms. The average Bonchev–Trinajstić information content (AvgIpc) is 2.96. The second kappa shape index (κ2) is 5.46. The summed E-state index contributed by atoms with van der Waals surface area (Å²) in [7, 11) is 1.67. The maximum atomic E-state index is 11.9. The van der Waals surface area contributed by atoms with Crippen molar-refractivity contribution in [3.8, 4) is 5.75 Å². The van der Waals surface area contributed by atoms with Gasteiger partial charge in [0.05, 0.1) is 7.11 Å². The van der Waals surface area contributed by atoms with Crippen LogP contribution in [0, 0.1) is 0 Å².